The Morgan fingerprint density at radius 3 is 2.05 bits per heavy atom. The van der Waals surface area contributed by atoms with Crippen molar-refractivity contribution in [3.05, 3.63) is 66.2 Å². The third-order valence-corrected chi connectivity index (χ3v) is 4.30. The van der Waals surface area contributed by atoms with Crippen molar-refractivity contribution >= 4 is 16.9 Å². The SMILES string of the molecule is CCN(CC)C(=NCc1ccccc1)Sc1ccccc1. The van der Waals surface area contributed by atoms with Crippen molar-refractivity contribution in [3.63, 3.8) is 0 Å². The van der Waals surface area contributed by atoms with Crippen molar-refractivity contribution in [1.82, 2.24) is 4.90 Å². The lowest BCUT2D eigenvalue weighted by atomic mass is 10.2. The predicted molar refractivity (Wildman–Crippen MR) is 92.8 cm³/mol. The Morgan fingerprint density at radius 2 is 1.48 bits per heavy atom. The highest BCUT2D eigenvalue weighted by Gasteiger charge is 2.09. The number of hydrogen-bond acceptors (Lipinski definition) is 2. The van der Waals surface area contributed by atoms with Gasteiger partial charge >= 0.3 is 0 Å². The van der Waals surface area contributed by atoms with Gasteiger partial charge in [-0.1, -0.05) is 60.3 Å². The maximum absolute atomic E-state index is 4.84. The van der Waals surface area contributed by atoms with Gasteiger partial charge in [-0.25, -0.2) is 0 Å². The molecule has 0 aromatic heterocycles. The predicted octanol–water partition coefficient (Wildman–Crippen LogP) is 4.68. The largest absolute Gasteiger partial charge is 0.352 e. The first-order valence-corrected chi connectivity index (χ1v) is 8.21. The highest BCUT2D eigenvalue weighted by molar-refractivity contribution is 8.13. The first kappa shape index (κ1) is 15.6. The molecule has 0 amide bonds. The number of hydrogen-bond donors (Lipinski definition) is 0. The number of nitrogens with zero attached hydrogens (tertiary/aromatic N) is 2. The minimum atomic E-state index is 0.729. The fourth-order valence-electron chi connectivity index (χ4n) is 2.03. The lowest BCUT2D eigenvalue weighted by Gasteiger charge is -2.22. The second kappa shape index (κ2) is 8.53. The summed E-state index contributed by atoms with van der Waals surface area (Å²) >= 11 is 1.74. The van der Waals surface area contributed by atoms with Crippen LogP contribution in [0.25, 0.3) is 0 Å². The van der Waals surface area contributed by atoms with Crippen molar-refractivity contribution in [2.75, 3.05) is 13.1 Å². The Labute approximate surface area is 131 Å². The normalized spacial score (nSPS) is 11.4. The molecule has 0 radical (unpaired) electrons. The Morgan fingerprint density at radius 1 is 0.905 bits per heavy atom. The van der Waals surface area contributed by atoms with Gasteiger partial charge in [0.05, 0.1) is 6.54 Å². The van der Waals surface area contributed by atoms with E-state index in [1.807, 2.05) is 12.1 Å². The standard InChI is InChI=1S/C18H22N2S/c1-3-20(4-2)18(21-17-13-9-6-10-14-17)19-15-16-11-7-5-8-12-16/h5-14H,3-4,15H2,1-2H3. The fraction of sp³-hybridized carbons (Fsp3) is 0.278. The first-order valence-electron chi connectivity index (χ1n) is 7.39. The molecule has 110 valence electrons. The molecule has 0 saturated carbocycles. The molecule has 0 atom stereocenters. The third kappa shape index (κ3) is 4.94. The average Bonchev–Trinajstić information content (AvgIpc) is 2.55. The molecule has 0 unspecified atom stereocenters. The molecule has 0 aliphatic rings. The van der Waals surface area contributed by atoms with Gasteiger partial charge in [0.1, 0.15) is 0 Å². The average molecular weight is 298 g/mol. The quantitative estimate of drug-likeness (QED) is 0.452. The van der Waals surface area contributed by atoms with Crippen LogP contribution in [0.2, 0.25) is 0 Å². The van der Waals surface area contributed by atoms with Crippen LogP contribution in [0.5, 0.6) is 0 Å². The smallest absolute Gasteiger partial charge is 0.164 e. The molecular formula is C18H22N2S. The minimum Gasteiger partial charge on any atom is -0.352 e. The van der Waals surface area contributed by atoms with E-state index in [9.17, 15) is 0 Å². The van der Waals surface area contributed by atoms with Crippen molar-refractivity contribution in [2.45, 2.75) is 25.3 Å². The van der Waals surface area contributed by atoms with Crippen LogP contribution in [0.15, 0.2) is 70.6 Å². The van der Waals surface area contributed by atoms with Gasteiger partial charge in [-0.2, -0.15) is 0 Å². The van der Waals surface area contributed by atoms with Crippen molar-refractivity contribution in [1.29, 1.82) is 0 Å². The van der Waals surface area contributed by atoms with Crippen LogP contribution in [-0.4, -0.2) is 23.2 Å². The number of benzene rings is 2. The van der Waals surface area contributed by atoms with Gasteiger partial charge in [0.25, 0.3) is 0 Å². The molecule has 2 nitrogen and oxygen atoms in total. The summed E-state index contributed by atoms with van der Waals surface area (Å²) < 4.78 is 0. The van der Waals surface area contributed by atoms with E-state index in [4.69, 9.17) is 4.99 Å². The first-order chi connectivity index (χ1) is 10.3. The van der Waals surface area contributed by atoms with Crippen molar-refractivity contribution in [2.24, 2.45) is 4.99 Å². The zero-order chi connectivity index (χ0) is 14.9. The van der Waals surface area contributed by atoms with E-state index in [-0.39, 0.29) is 0 Å². The van der Waals surface area contributed by atoms with E-state index in [1.54, 1.807) is 11.8 Å². The van der Waals surface area contributed by atoms with Crippen LogP contribution in [0.3, 0.4) is 0 Å². The molecule has 2 aromatic carbocycles. The summed E-state index contributed by atoms with van der Waals surface area (Å²) in [6.45, 7) is 7.03. The Hall–Kier alpha value is -1.74. The fourth-order valence-corrected chi connectivity index (χ4v) is 3.05. The summed E-state index contributed by atoms with van der Waals surface area (Å²) in [5.41, 5.74) is 1.25. The van der Waals surface area contributed by atoms with Gasteiger partial charge < -0.3 is 4.90 Å². The lowest BCUT2D eigenvalue weighted by molar-refractivity contribution is 0.473. The zero-order valence-corrected chi connectivity index (χ0v) is 13.5. The summed E-state index contributed by atoms with van der Waals surface area (Å²) in [6, 6.07) is 20.8. The van der Waals surface area contributed by atoms with Crippen LogP contribution >= 0.6 is 11.8 Å². The summed E-state index contributed by atoms with van der Waals surface area (Å²) in [5.74, 6) is 0. The van der Waals surface area contributed by atoms with E-state index in [0.29, 0.717) is 0 Å². The molecule has 3 heteroatoms. The molecule has 0 N–H and O–H groups in total. The van der Waals surface area contributed by atoms with E-state index in [1.165, 1.54) is 10.5 Å². The van der Waals surface area contributed by atoms with E-state index in [0.717, 1.165) is 24.8 Å². The third-order valence-electron chi connectivity index (χ3n) is 3.23. The Kier molecular flexibility index (Phi) is 6.35. The molecule has 0 fully saturated rings. The number of aliphatic imine (C=N–C) groups is 1. The van der Waals surface area contributed by atoms with Crippen LogP contribution in [0.1, 0.15) is 19.4 Å². The van der Waals surface area contributed by atoms with Gasteiger partial charge in [0, 0.05) is 18.0 Å². The molecule has 0 aliphatic carbocycles. The molecular weight excluding hydrogens is 276 g/mol. The maximum atomic E-state index is 4.84. The Balaban J connectivity index is 2.15. The molecule has 0 heterocycles. The Bertz CT molecular complexity index is 548. The van der Waals surface area contributed by atoms with Gasteiger partial charge in [-0.3, -0.25) is 4.99 Å². The number of rotatable bonds is 5. The molecule has 2 aromatic rings. The van der Waals surface area contributed by atoms with Crippen molar-refractivity contribution < 1.29 is 0 Å². The molecule has 21 heavy (non-hydrogen) atoms. The number of thioether (sulfide) groups is 1. The van der Waals surface area contributed by atoms with Crippen LogP contribution < -0.4 is 0 Å². The number of amidine groups is 1. The second-order valence-corrected chi connectivity index (χ2v) is 5.71. The van der Waals surface area contributed by atoms with Crippen LogP contribution in [-0.2, 0) is 6.54 Å². The molecule has 0 spiro atoms. The highest BCUT2D eigenvalue weighted by atomic mass is 32.2. The highest BCUT2D eigenvalue weighted by Crippen LogP contribution is 2.21. The van der Waals surface area contributed by atoms with Gasteiger partial charge in [-0.15, -0.1) is 0 Å². The van der Waals surface area contributed by atoms with E-state index >= 15 is 0 Å². The minimum absolute atomic E-state index is 0.729. The van der Waals surface area contributed by atoms with Crippen LogP contribution in [0, 0.1) is 0 Å². The van der Waals surface area contributed by atoms with E-state index in [2.05, 4.69) is 67.3 Å². The summed E-state index contributed by atoms with van der Waals surface area (Å²) in [7, 11) is 0. The summed E-state index contributed by atoms with van der Waals surface area (Å²) in [5, 5.41) is 1.09. The maximum Gasteiger partial charge on any atom is 0.164 e. The van der Waals surface area contributed by atoms with Gasteiger partial charge in [0.2, 0.25) is 0 Å². The summed E-state index contributed by atoms with van der Waals surface area (Å²) in [4.78, 5) is 8.38. The summed E-state index contributed by atoms with van der Waals surface area (Å²) in [6.07, 6.45) is 0. The molecule has 0 aliphatic heterocycles. The molecule has 0 bridgehead atoms. The zero-order valence-electron chi connectivity index (χ0n) is 12.7. The molecule has 2 rings (SSSR count). The molecule has 0 saturated heterocycles. The monoisotopic (exact) mass is 298 g/mol. The second-order valence-electron chi connectivity index (χ2n) is 4.67. The van der Waals surface area contributed by atoms with Crippen LogP contribution in [0.4, 0.5) is 0 Å². The van der Waals surface area contributed by atoms with Crippen molar-refractivity contribution in [3.8, 4) is 0 Å². The lowest BCUT2D eigenvalue weighted by Crippen LogP contribution is -2.28. The van der Waals surface area contributed by atoms with E-state index < -0.39 is 0 Å². The topological polar surface area (TPSA) is 15.6 Å². The van der Waals surface area contributed by atoms with Gasteiger partial charge in [0.15, 0.2) is 5.17 Å². The van der Waals surface area contributed by atoms with Gasteiger partial charge in [-0.05, 0) is 31.5 Å².